The molecule has 3 rings (SSSR count). The molecule has 1 heterocycles. The van der Waals surface area contributed by atoms with Gasteiger partial charge in [-0.05, 0) is 29.8 Å². The van der Waals surface area contributed by atoms with Crippen LogP contribution in [0.15, 0.2) is 41.9 Å². The molecule has 0 fully saturated rings. The SMILES string of the molecule is N#Cc1ccc(-c2c(O)ccc3ncsc23)cc1. The molecular weight excluding hydrogens is 244 g/mol. The Kier molecular flexibility index (Phi) is 2.47. The standard InChI is InChI=1S/C14H8N2OS/c15-7-9-1-3-10(4-2-9)13-12(17)6-5-11-14(13)18-8-16-11/h1-6,8,17H. The van der Waals surface area contributed by atoms with Gasteiger partial charge in [0.05, 0.1) is 27.4 Å². The lowest BCUT2D eigenvalue weighted by atomic mass is 10.0. The first-order valence-electron chi connectivity index (χ1n) is 5.35. The Morgan fingerprint density at radius 3 is 2.61 bits per heavy atom. The van der Waals surface area contributed by atoms with Crippen LogP contribution < -0.4 is 0 Å². The summed E-state index contributed by atoms with van der Waals surface area (Å²) >= 11 is 1.50. The minimum atomic E-state index is 0.233. The van der Waals surface area contributed by atoms with Gasteiger partial charge in [0.2, 0.25) is 0 Å². The zero-order valence-electron chi connectivity index (χ0n) is 9.29. The summed E-state index contributed by atoms with van der Waals surface area (Å²) in [5.74, 6) is 0.233. The molecule has 0 aliphatic rings. The van der Waals surface area contributed by atoms with Gasteiger partial charge in [0.1, 0.15) is 5.75 Å². The number of benzene rings is 2. The molecule has 1 aromatic heterocycles. The van der Waals surface area contributed by atoms with Crippen molar-refractivity contribution in [1.82, 2.24) is 4.98 Å². The van der Waals surface area contributed by atoms with E-state index in [0.29, 0.717) is 5.56 Å². The summed E-state index contributed by atoms with van der Waals surface area (Å²) in [5, 5.41) is 18.8. The Hall–Kier alpha value is -2.38. The van der Waals surface area contributed by atoms with Crippen molar-refractivity contribution in [3.8, 4) is 22.9 Å². The summed E-state index contributed by atoms with van der Waals surface area (Å²) in [4.78, 5) is 4.23. The predicted octanol–water partition coefficient (Wildman–Crippen LogP) is 3.54. The highest BCUT2D eigenvalue weighted by atomic mass is 32.1. The third-order valence-corrected chi connectivity index (χ3v) is 3.64. The zero-order valence-corrected chi connectivity index (χ0v) is 10.1. The fraction of sp³-hybridized carbons (Fsp3) is 0. The van der Waals surface area contributed by atoms with Crippen LogP contribution in [0.5, 0.6) is 5.75 Å². The number of nitrogens with zero attached hydrogens (tertiary/aromatic N) is 2. The Morgan fingerprint density at radius 1 is 1.11 bits per heavy atom. The van der Waals surface area contributed by atoms with Crippen LogP contribution in [0.1, 0.15) is 5.56 Å². The number of rotatable bonds is 1. The molecular formula is C14H8N2OS. The molecule has 0 aliphatic carbocycles. The number of phenolic OH excluding ortho intramolecular Hbond substituents is 1. The second kappa shape index (κ2) is 4.13. The fourth-order valence-electron chi connectivity index (χ4n) is 1.91. The number of aromatic hydroxyl groups is 1. The van der Waals surface area contributed by atoms with Gasteiger partial charge in [-0.2, -0.15) is 5.26 Å². The predicted molar refractivity (Wildman–Crippen MR) is 71.4 cm³/mol. The maximum absolute atomic E-state index is 10.0. The largest absolute Gasteiger partial charge is 0.507 e. The lowest BCUT2D eigenvalue weighted by Crippen LogP contribution is -1.81. The summed E-state index contributed by atoms with van der Waals surface area (Å²) in [7, 11) is 0. The van der Waals surface area contributed by atoms with E-state index < -0.39 is 0 Å². The molecule has 3 nitrogen and oxygen atoms in total. The molecule has 0 saturated heterocycles. The van der Waals surface area contributed by atoms with Crippen molar-refractivity contribution in [2.75, 3.05) is 0 Å². The van der Waals surface area contributed by atoms with E-state index in [4.69, 9.17) is 5.26 Å². The van der Waals surface area contributed by atoms with E-state index >= 15 is 0 Å². The molecule has 3 aromatic rings. The average Bonchev–Trinajstić information content (AvgIpc) is 2.87. The van der Waals surface area contributed by atoms with Gasteiger partial charge in [-0.25, -0.2) is 4.98 Å². The normalized spacial score (nSPS) is 10.4. The van der Waals surface area contributed by atoms with Crippen LogP contribution in [-0.2, 0) is 0 Å². The van der Waals surface area contributed by atoms with Crippen molar-refractivity contribution in [2.24, 2.45) is 0 Å². The van der Waals surface area contributed by atoms with Crippen LogP contribution in [0.3, 0.4) is 0 Å². The molecule has 1 N–H and O–H groups in total. The average molecular weight is 252 g/mol. The van der Waals surface area contributed by atoms with Gasteiger partial charge >= 0.3 is 0 Å². The quantitative estimate of drug-likeness (QED) is 0.720. The smallest absolute Gasteiger partial charge is 0.124 e. The first-order chi connectivity index (χ1) is 8.79. The third kappa shape index (κ3) is 1.62. The number of hydrogen-bond acceptors (Lipinski definition) is 4. The monoisotopic (exact) mass is 252 g/mol. The molecule has 0 atom stereocenters. The maximum atomic E-state index is 10.0. The molecule has 86 valence electrons. The van der Waals surface area contributed by atoms with Gasteiger partial charge in [-0.1, -0.05) is 12.1 Å². The van der Waals surface area contributed by atoms with Crippen molar-refractivity contribution < 1.29 is 5.11 Å². The molecule has 0 spiro atoms. The highest BCUT2D eigenvalue weighted by Gasteiger charge is 2.11. The summed E-state index contributed by atoms with van der Waals surface area (Å²) in [5.41, 5.74) is 4.91. The second-order valence-corrected chi connectivity index (χ2v) is 4.70. The number of hydrogen-bond donors (Lipinski definition) is 1. The van der Waals surface area contributed by atoms with Crippen molar-refractivity contribution in [3.63, 3.8) is 0 Å². The van der Waals surface area contributed by atoms with Crippen molar-refractivity contribution in [2.45, 2.75) is 0 Å². The van der Waals surface area contributed by atoms with E-state index in [-0.39, 0.29) is 5.75 Å². The van der Waals surface area contributed by atoms with Crippen LogP contribution in [0, 0.1) is 11.3 Å². The van der Waals surface area contributed by atoms with Gasteiger partial charge in [-0.15, -0.1) is 11.3 Å². The van der Waals surface area contributed by atoms with Crippen molar-refractivity contribution in [1.29, 1.82) is 5.26 Å². The molecule has 0 aliphatic heterocycles. The van der Waals surface area contributed by atoms with Crippen LogP contribution in [0.4, 0.5) is 0 Å². The van der Waals surface area contributed by atoms with Crippen molar-refractivity contribution >= 4 is 21.6 Å². The van der Waals surface area contributed by atoms with E-state index in [9.17, 15) is 5.11 Å². The summed E-state index contributed by atoms with van der Waals surface area (Å²) in [6.45, 7) is 0. The van der Waals surface area contributed by atoms with Gasteiger partial charge in [0.15, 0.2) is 0 Å². The molecule has 2 aromatic carbocycles. The molecule has 4 heteroatoms. The number of aromatic nitrogens is 1. The highest BCUT2D eigenvalue weighted by Crippen LogP contribution is 2.38. The molecule has 18 heavy (non-hydrogen) atoms. The topological polar surface area (TPSA) is 56.9 Å². The van der Waals surface area contributed by atoms with E-state index in [2.05, 4.69) is 11.1 Å². The van der Waals surface area contributed by atoms with E-state index in [0.717, 1.165) is 21.3 Å². The fourth-order valence-corrected chi connectivity index (χ4v) is 2.76. The number of thiazole rings is 1. The number of phenols is 1. The Morgan fingerprint density at radius 2 is 1.89 bits per heavy atom. The lowest BCUT2D eigenvalue weighted by Gasteiger charge is -2.05. The molecule has 0 unspecified atom stereocenters. The van der Waals surface area contributed by atoms with Gasteiger partial charge in [0.25, 0.3) is 0 Å². The maximum Gasteiger partial charge on any atom is 0.124 e. The van der Waals surface area contributed by atoms with Crippen LogP contribution >= 0.6 is 11.3 Å². The first kappa shape index (κ1) is 10.8. The Labute approximate surface area is 108 Å². The van der Waals surface area contributed by atoms with E-state index in [1.165, 1.54) is 11.3 Å². The molecule has 0 amide bonds. The van der Waals surface area contributed by atoms with Gasteiger partial charge in [0, 0.05) is 5.56 Å². The van der Waals surface area contributed by atoms with E-state index in [1.807, 2.05) is 12.1 Å². The lowest BCUT2D eigenvalue weighted by molar-refractivity contribution is 0.478. The first-order valence-corrected chi connectivity index (χ1v) is 6.23. The number of fused-ring (bicyclic) bond motifs is 1. The Balaban J connectivity index is 2.27. The second-order valence-electron chi connectivity index (χ2n) is 3.85. The molecule has 0 bridgehead atoms. The van der Waals surface area contributed by atoms with E-state index in [1.54, 1.807) is 29.8 Å². The third-order valence-electron chi connectivity index (χ3n) is 2.78. The Bertz CT molecular complexity index is 754. The highest BCUT2D eigenvalue weighted by molar-refractivity contribution is 7.17. The minimum absolute atomic E-state index is 0.233. The number of nitriles is 1. The zero-order chi connectivity index (χ0) is 12.5. The molecule has 0 saturated carbocycles. The van der Waals surface area contributed by atoms with Crippen molar-refractivity contribution in [3.05, 3.63) is 47.5 Å². The van der Waals surface area contributed by atoms with Crippen LogP contribution in [0.2, 0.25) is 0 Å². The van der Waals surface area contributed by atoms with Gasteiger partial charge < -0.3 is 5.11 Å². The summed E-state index contributed by atoms with van der Waals surface area (Å²) in [6.07, 6.45) is 0. The minimum Gasteiger partial charge on any atom is -0.507 e. The van der Waals surface area contributed by atoms with Gasteiger partial charge in [-0.3, -0.25) is 0 Å². The summed E-state index contributed by atoms with van der Waals surface area (Å²) < 4.78 is 0.958. The van der Waals surface area contributed by atoms with Crippen LogP contribution in [0.25, 0.3) is 21.3 Å². The molecule has 0 radical (unpaired) electrons. The van der Waals surface area contributed by atoms with Crippen LogP contribution in [-0.4, -0.2) is 10.1 Å². The summed E-state index contributed by atoms with van der Waals surface area (Å²) in [6, 6.07) is 12.7.